The molecule has 0 fully saturated rings. The highest BCUT2D eigenvalue weighted by Gasteiger charge is 2.18. The van der Waals surface area contributed by atoms with E-state index in [2.05, 4.69) is 5.32 Å². The van der Waals surface area contributed by atoms with Crippen LogP contribution in [0, 0.1) is 10.1 Å². The van der Waals surface area contributed by atoms with Crippen LogP contribution in [0.2, 0.25) is 0 Å². The number of benzene rings is 2. The molecule has 0 aromatic heterocycles. The molecule has 0 aliphatic heterocycles. The minimum atomic E-state index is -0.711. The zero-order valence-electron chi connectivity index (χ0n) is 12.3. The summed E-state index contributed by atoms with van der Waals surface area (Å²) in [7, 11) is 0. The van der Waals surface area contributed by atoms with Crippen LogP contribution in [0.4, 0.5) is 11.4 Å². The molecular formula is C16H16N2O5. The number of nitro groups is 1. The van der Waals surface area contributed by atoms with Gasteiger partial charge >= 0.3 is 5.97 Å². The van der Waals surface area contributed by atoms with Crippen molar-refractivity contribution in [2.45, 2.75) is 6.54 Å². The van der Waals surface area contributed by atoms with Gasteiger partial charge in [-0.15, -0.1) is 0 Å². The van der Waals surface area contributed by atoms with Crippen molar-refractivity contribution >= 4 is 17.3 Å². The van der Waals surface area contributed by atoms with E-state index in [9.17, 15) is 14.9 Å². The second-order valence-electron chi connectivity index (χ2n) is 4.69. The molecule has 0 amide bonds. The van der Waals surface area contributed by atoms with Crippen LogP contribution in [0.5, 0.6) is 0 Å². The number of aliphatic hydroxyl groups is 1. The highest BCUT2D eigenvalue weighted by molar-refractivity contribution is 5.91. The average Bonchev–Trinajstić information content (AvgIpc) is 2.58. The molecule has 0 aliphatic carbocycles. The quantitative estimate of drug-likeness (QED) is 0.462. The number of hydrogen-bond acceptors (Lipinski definition) is 6. The number of hydrogen-bond donors (Lipinski definition) is 2. The number of nitro benzene ring substituents is 1. The van der Waals surface area contributed by atoms with Crippen LogP contribution in [0.25, 0.3) is 0 Å². The van der Waals surface area contributed by atoms with Gasteiger partial charge in [0.05, 0.1) is 17.1 Å². The molecule has 23 heavy (non-hydrogen) atoms. The Labute approximate surface area is 132 Å². The molecule has 2 rings (SSSR count). The van der Waals surface area contributed by atoms with E-state index in [4.69, 9.17) is 9.84 Å². The van der Waals surface area contributed by atoms with Crippen molar-refractivity contribution < 1.29 is 19.6 Å². The van der Waals surface area contributed by atoms with Crippen molar-refractivity contribution in [3.8, 4) is 0 Å². The standard InChI is InChI=1S/C16H16N2O5/c19-8-9-23-16(20)13-6-7-14(15(10-13)18(21)22)17-11-12-4-2-1-3-5-12/h1-7,10,17,19H,8-9,11H2. The predicted molar refractivity (Wildman–Crippen MR) is 84.2 cm³/mol. The van der Waals surface area contributed by atoms with Gasteiger partial charge in [0.25, 0.3) is 5.69 Å². The third-order valence-corrected chi connectivity index (χ3v) is 3.08. The van der Waals surface area contributed by atoms with Gasteiger partial charge in [-0.25, -0.2) is 4.79 Å². The Bertz CT molecular complexity index is 688. The number of carbonyl (C=O) groups excluding carboxylic acids is 1. The number of nitrogens with zero attached hydrogens (tertiary/aromatic N) is 1. The highest BCUT2D eigenvalue weighted by Crippen LogP contribution is 2.26. The summed E-state index contributed by atoms with van der Waals surface area (Å²) < 4.78 is 4.75. The number of aliphatic hydroxyl groups excluding tert-OH is 1. The first-order valence-electron chi connectivity index (χ1n) is 6.96. The summed E-state index contributed by atoms with van der Waals surface area (Å²) in [4.78, 5) is 22.3. The fourth-order valence-electron chi connectivity index (χ4n) is 1.97. The van der Waals surface area contributed by atoms with Gasteiger partial charge in [-0.1, -0.05) is 30.3 Å². The third kappa shape index (κ3) is 4.52. The van der Waals surface area contributed by atoms with Crippen LogP contribution in [0.15, 0.2) is 48.5 Å². The maximum Gasteiger partial charge on any atom is 0.338 e. The van der Waals surface area contributed by atoms with Crippen molar-refractivity contribution in [1.82, 2.24) is 0 Å². The molecule has 0 radical (unpaired) electrons. The van der Waals surface area contributed by atoms with E-state index >= 15 is 0 Å². The number of carbonyl (C=O) groups is 1. The van der Waals surface area contributed by atoms with Crippen LogP contribution in [0.3, 0.4) is 0 Å². The first-order valence-corrected chi connectivity index (χ1v) is 6.96. The van der Waals surface area contributed by atoms with Gasteiger partial charge in [-0.2, -0.15) is 0 Å². The van der Waals surface area contributed by atoms with Crippen molar-refractivity contribution in [3.63, 3.8) is 0 Å². The van der Waals surface area contributed by atoms with Crippen LogP contribution < -0.4 is 5.32 Å². The normalized spacial score (nSPS) is 10.1. The smallest absolute Gasteiger partial charge is 0.338 e. The fraction of sp³-hybridized carbons (Fsp3) is 0.188. The van der Waals surface area contributed by atoms with Crippen molar-refractivity contribution in [2.75, 3.05) is 18.5 Å². The second-order valence-corrected chi connectivity index (χ2v) is 4.69. The Kier molecular flexibility index (Phi) is 5.65. The summed E-state index contributed by atoms with van der Waals surface area (Å²) in [5.74, 6) is -0.711. The van der Waals surface area contributed by atoms with Gasteiger partial charge in [0.2, 0.25) is 0 Å². The Morgan fingerprint density at radius 2 is 1.96 bits per heavy atom. The van der Waals surface area contributed by atoms with E-state index in [1.54, 1.807) is 0 Å². The zero-order chi connectivity index (χ0) is 16.7. The van der Waals surface area contributed by atoms with Crippen molar-refractivity contribution in [2.24, 2.45) is 0 Å². The summed E-state index contributed by atoms with van der Waals surface area (Å²) in [5.41, 5.74) is 1.15. The molecule has 0 heterocycles. The molecule has 0 unspecified atom stereocenters. The number of rotatable bonds is 7. The zero-order valence-corrected chi connectivity index (χ0v) is 12.3. The summed E-state index contributed by atoms with van der Waals surface area (Å²) in [6, 6.07) is 13.5. The second kappa shape index (κ2) is 7.90. The highest BCUT2D eigenvalue weighted by atomic mass is 16.6. The molecule has 0 aliphatic rings. The van der Waals surface area contributed by atoms with Gasteiger partial charge in [-0.05, 0) is 17.7 Å². The molecule has 2 aromatic rings. The minimum absolute atomic E-state index is 0.0652. The Morgan fingerprint density at radius 3 is 2.61 bits per heavy atom. The molecular weight excluding hydrogens is 300 g/mol. The lowest BCUT2D eigenvalue weighted by Gasteiger charge is -2.09. The molecule has 2 N–H and O–H groups in total. The van der Waals surface area contributed by atoms with Crippen molar-refractivity contribution in [3.05, 3.63) is 69.8 Å². The summed E-state index contributed by atoms with van der Waals surface area (Å²) in [6.45, 7) is -0.0266. The largest absolute Gasteiger partial charge is 0.460 e. The Morgan fingerprint density at radius 1 is 1.22 bits per heavy atom. The topological polar surface area (TPSA) is 102 Å². The minimum Gasteiger partial charge on any atom is -0.460 e. The molecule has 7 nitrogen and oxygen atoms in total. The Hall–Kier alpha value is -2.93. The molecule has 7 heteroatoms. The maximum absolute atomic E-state index is 11.7. The first kappa shape index (κ1) is 16.4. The maximum atomic E-state index is 11.7. The average molecular weight is 316 g/mol. The number of ether oxygens (including phenoxy) is 1. The van der Waals surface area contributed by atoms with Crippen molar-refractivity contribution in [1.29, 1.82) is 0 Å². The van der Waals surface area contributed by atoms with E-state index in [0.717, 1.165) is 11.6 Å². The summed E-state index contributed by atoms with van der Waals surface area (Å²) in [6.07, 6.45) is 0. The van der Waals surface area contributed by atoms with E-state index < -0.39 is 10.9 Å². The first-order chi connectivity index (χ1) is 11.1. The predicted octanol–water partition coefficient (Wildman–Crippen LogP) is 2.36. The molecule has 0 saturated heterocycles. The van der Waals surface area contributed by atoms with Gasteiger partial charge in [-0.3, -0.25) is 10.1 Å². The van der Waals surface area contributed by atoms with E-state index in [0.29, 0.717) is 12.2 Å². The van der Waals surface area contributed by atoms with Crippen LogP contribution in [-0.4, -0.2) is 29.2 Å². The SMILES string of the molecule is O=C(OCCO)c1ccc(NCc2ccccc2)c([N+](=O)[O-])c1. The van der Waals surface area contributed by atoms with E-state index in [1.807, 2.05) is 30.3 Å². The van der Waals surface area contributed by atoms with Gasteiger partial charge in [0, 0.05) is 12.6 Å². The van der Waals surface area contributed by atoms with Crippen LogP contribution >= 0.6 is 0 Å². The molecule has 0 atom stereocenters. The van der Waals surface area contributed by atoms with E-state index in [1.165, 1.54) is 12.1 Å². The van der Waals surface area contributed by atoms with Gasteiger partial charge < -0.3 is 15.2 Å². The lowest BCUT2D eigenvalue weighted by Crippen LogP contribution is -2.10. The summed E-state index contributed by atoms with van der Waals surface area (Å²) in [5, 5.41) is 22.8. The lowest BCUT2D eigenvalue weighted by atomic mass is 10.1. The number of anilines is 1. The van der Waals surface area contributed by atoms with Gasteiger partial charge in [0.15, 0.2) is 0 Å². The molecule has 0 bridgehead atoms. The Balaban J connectivity index is 2.16. The number of nitrogens with one attached hydrogen (secondary N) is 1. The monoisotopic (exact) mass is 316 g/mol. The van der Waals surface area contributed by atoms with E-state index in [-0.39, 0.29) is 24.5 Å². The van der Waals surface area contributed by atoms with Crippen LogP contribution in [-0.2, 0) is 11.3 Å². The molecule has 0 saturated carbocycles. The molecule has 120 valence electrons. The third-order valence-electron chi connectivity index (χ3n) is 3.08. The van der Waals surface area contributed by atoms with Crippen LogP contribution in [0.1, 0.15) is 15.9 Å². The van der Waals surface area contributed by atoms with Gasteiger partial charge in [0.1, 0.15) is 12.3 Å². The molecule has 0 spiro atoms. The fourth-order valence-corrected chi connectivity index (χ4v) is 1.97. The molecule has 2 aromatic carbocycles. The number of esters is 1. The summed E-state index contributed by atoms with van der Waals surface area (Å²) >= 11 is 0. The lowest BCUT2D eigenvalue weighted by molar-refractivity contribution is -0.384.